The molecule has 0 spiro atoms. The molecular formula is C28H30Cl3N7O2. The molecule has 2 aromatic rings. The van der Waals surface area contributed by atoms with Gasteiger partial charge in [-0.15, -0.1) is 0 Å². The van der Waals surface area contributed by atoms with Crippen LogP contribution in [0.15, 0.2) is 41.2 Å². The number of nitrogens with zero attached hydrogens (tertiary/aromatic N) is 4. The summed E-state index contributed by atoms with van der Waals surface area (Å²) in [6, 6.07) is 11.0. The van der Waals surface area contributed by atoms with Crippen molar-refractivity contribution in [1.82, 2.24) is 30.0 Å². The first-order chi connectivity index (χ1) is 19.1. The Morgan fingerprint density at radius 3 is 2.48 bits per heavy atom. The van der Waals surface area contributed by atoms with Crippen molar-refractivity contribution in [2.45, 2.75) is 39.2 Å². The Kier molecular flexibility index (Phi) is 8.49. The number of anilines is 1. The Hall–Kier alpha value is -2.95. The van der Waals surface area contributed by atoms with Crippen molar-refractivity contribution >= 4 is 46.4 Å². The Labute approximate surface area is 247 Å². The van der Waals surface area contributed by atoms with Gasteiger partial charge in [-0.2, -0.15) is 4.98 Å². The standard InChI is InChI=1S/C28H30Cl3N7O2/c1-15(2)25-24-27(38(36-25)26-20(30)11-18(29)12-21(26)31)34-22(35-28(24)40)10-17-4-6-19(7-5-17)33-23(39)14-37-9-8-32-16(3)13-37/h4-7,11-12,15-16,32,36H,8-10,13-14H2,1-3H3,(H,33,39). The van der Waals surface area contributed by atoms with Gasteiger partial charge in [-0.3, -0.25) is 19.6 Å². The van der Waals surface area contributed by atoms with E-state index in [1.165, 1.54) is 0 Å². The van der Waals surface area contributed by atoms with Gasteiger partial charge < -0.3 is 10.6 Å². The molecule has 1 atom stereocenters. The summed E-state index contributed by atoms with van der Waals surface area (Å²) in [5, 5.41) is 10.6. The van der Waals surface area contributed by atoms with Crippen molar-refractivity contribution in [3.63, 3.8) is 0 Å². The average molecular weight is 603 g/mol. The summed E-state index contributed by atoms with van der Waals surface area (Å²) in [6.45, 7) is 8.97. The quantitative estimate of drug-likeness (QED) is 0.276. The Morgan fingerprint density at radius 2 is 1.82 bits per heavy atom. The first-order valence-corrected chi connectivity index (χ1v) is 14.2. The molecule has 3 N–H and O–H groups in total. The number of aromatic nitrogens is 4. The van der Waals surface area contributed by atoms with E-state index in [4.69, 9.17) is 39.8 Å². The number of rotatable bonds is 7. The molecule has 0 aliphatic carbocycles. The van der Waals surface area contributed by atoms with Crippen LogP contribution in [0.1, 0.15) is 43.8 Å². The molecule has 3 aliphatic heterocycles. The van der Waals surface area contributed by atoms with E-state index in [9.17, 15) is 9.59 Å². The zero-order valence-electron chi connectivity index (χ0n) is 22.4. The molecule has 0 radical (unpaired) electrons. The van der Waals surface area contributed by atoms with Crippen LogP contribution in [0.3, 0.4) is 0 Å². The second-order valence-corrected chi connectivity index (χ2v) is 11.6. The molecule has 5 rings (SSSR count). The van der Waals surface area contributed by atoms with Crippen LogP contribution < -0.4 is 16.2 Å². The van der Waals surface area contributed by atoms with Crippen molar-refractivity contribution in [2.75, 3.05) is 31.5 Å². The zero-order valence-corrected chi connectivity index (χ0v) is 24.7. The number of aromatic amines is 1. The Bertz CT molecular complexity index is 1540. The van der Waals surface area contributed by atoms with E-state index in [-0.39, 0.29) is 17.4 Å². The fourth-order valence-corrected chi connectivity index (χ4v) is 5.94. The minimum atomic E-state index is -0.383. The van der Waals surface area contributed by atoms with Crippen LogP contribution in [0.5, 0.6) is 0 Å². The third-order valence-corrected chi connectivity index (χ3v) is 7.61. The fraction of sp³-hybridized carbons (Fsp3) is 0.357. The van der Waals surface area contributed by atoms with Crippen molar-refractivity contribution < 1.29 is 4.79 Å². The van der Waals surface area contributed by atoms with Crippen LogP contribution in [0.2, 0.25) is 15.1 Å². The molecule has 3 aliphatic rings. The molecule has 0 bridgehead atoms. The van der Waals surface area contributed by atoms with Crippen LogP contribution in [0.4, 0.5) is 5.69 Å². The lowest BCUT2D eigenvalue weighted by atomic mass is 10.1. The summed E-state index contributed by atoms with van der Waals surface area (Å²) in [7, 11) is 0. The number of carbonyl (C=O) groups excluding carboxylic acids is 1. The normalized spacial score (nSPS) is 16.1. The molecule has 0 aromatic heterocycles. The summed E-state index contributed by atoms with van der Waals surface area (Å²) < 4.78 is 1.62. The highest BCUT2D eigenvalue weighted by Gasteiger charge is 2.27. The van der Waals surface area contributed by atoms with Gasteiger partial charge in [0.1, 0.15) is 17.1 Å². The van der Waals surface area contributed by atoms with Gasteiger partial charge in [-0.25, -0.2) is 9.67 Å². The molecule has 1 fully saturated rings. The number of fused-ring (bicyclic) bond motifs is 1. The Morgan fingerprint density at radius 1 is 1.12 bits per heavy atom. The summed E-state index contributed by atoms with van der Waals surface area (Å²) in [5.74, 6) is 0.680. The van der Waals surface area contributed by atoms with E-state index < -0.39 is 0 Å². The Balaban J connectivity index is 1.39. The summed E-state index contributed by atoms with van der Waals surface area (Å²) in [5.41, 5.74) is 2.73. The van der Waals surface area contributed by atoms with Crippen LogP contribution in [-0.4, -0.2) is 62.8 Å². The van der Waals surface area contributed by atoms with Crippen LogP contribution in [0, 0.1) is 0 Å². The minimum absolute atomic E-state index is 0.00603. The average Bonchev–Trinajstić information content (AvgIpc) is 3.25. The van der Waals surface area contributed by atoms with E-state index in [1.54, 1.807) is 16.8 Å². The molecule has 0 saturated carbocycles. The van der Waals surface area contributed by atoms with Gasteiger partial charge in [0, 0.05) is 42.8 Å². The fourth-order valence-electron chi connectivity index (χ4n) is 4.95. The highest BCUT2D eigenvalue weighted by Crippen LogP contribution is 2.36. The van der Waals surface area contributed by atoms with Gasteiger partial charge in [-0.05, 0) is 42.7 Å². The summed E-state index contributed by atoms with van der Waals surface area (Å²) >= 11 is 19.1. The largest absolute Gasteiger partial charge is 0.325 e. The maximum Gasteiger partial charge on any atom is 0.284 e. The number of amides is 1. The third kappa shape index (κ3) is 6.19. The number of nitrogens with one attached hydrogen (secondary N) is 3. The number of hydrogen-bond acceptors (Lipinski definition) is 6. The van der Waals surface area contributed by atoms with Gasteiger partial charge in [-0.1, -0.05) is 60.8 Å². The highest BCUT2D eigenvalue weighted by atomic mass is 35.5. The SMILES string of the molecule is CC1CN(CC(=O)Nc2ccc(Cc3nc4n(-c5c(Cl)cc(Cl)cc5Cl)[nH]c(C(C)C)c-4c(=O)n3)cc2)CCN1. The molecular weight excluding hydrogens is 573 g/mol. The monoisotopic (exact) mass is 601 g/mol. The van der Waals surface area contributed by atoms with E-state index in [1.807, 2.05) is 38.1 Å². The van der Waals surface area contributed by atoms with Gasteiger partial charge in [0.05, 0.1) is 22.3 Å². The maximum absolute atomic E-state index is 13.2. The second kappa shape index (κ2) is 11.9. The summed E-state index contributed by atoms with van der Waals surface area (Å²) in [4.78, 5) is 36.9. The highest BCUT2D eigenvalue weighted by molar-refractivity contribution is 6.40. The molecule has 2 aromatic carbocycles. The van der Waals surface area contributed by atoms with Gasteiger partial charge in [0.2, 0.25) is 5.91 Å². The van der Waals surface area contributed by atoms with Crippen molar-refractivity contribution in [3.8, 4) is 17.1 Å². The molecule has 12 heteroatoms. The van der Waals surface area contributed by atoms with Gasteiger partial charge in [0.25, 0.3) is 5.56 Å². The number of benzene rings is 2. The van der Waals surface area contributed by atoms with Gasteiger partial charge in [0.15, 0.2) is 5.82 Å². The second-order valence-electron chi connectivity index (χ2n) is 10.4. The number of halogens is 3. The number of carbonyl (C=O) groups is 1. The van der Waals surface area contributed by atoms with Gasteiger partial charge >= 0.3 is 0 Å². The van der Waals surface area contributed by atoms with E-state index >= 15 is 0 Å². The lowest BCUT2D eigenvalue weighted by Gasteiger charge is -2.31. The lowest BCUT2D eigenvalue weighted by Crippen LogP contribution is -2.51. The third-order valence-electron chi connectivity index (χ3n) is 6.82. The number of hydrogen-bond donors (Lipinski definition) is 3. The minimum Gasteiger partial charge on any atom is -0.325 e. The summed E-state index contributed by atoms with van der Waals surface area (Å²) in [6.07, 6.45) is 0.322. The molecule has 1 amide bonds. The van der Waals surface area contributed by atoms with Crippen molar-refractivity contribution in [2.24, 2.45) is 0 Å². The van der Waals surface area contributed by atoms with Crippen LogP contribution >= 0.6 is 34.8 Å². The predicted molar refractivity (Wildman–Crippen MR) is 160 cm³/mol. The lowest BCUT2D eigenvalue weighted by molar-refractivity contribution is -0.117. The number of piperazine rings is 1. The number of H-pyrrole nitrogens is 1. The molecule has 1 saturated heterocycles. The van der Waals surface area contributed by atoms with Crippen molar-refractivity contribution in [1.29, 1.82) is 0 Å². The molecule has 40 heavy (non-hydrogen) atoms. The maximum atomic E-state index is 13.2. The predicted octanol–water partition coefficient (Wildman–Crippen LogP) is 4.97. The van der Waals surface area contributed by atoms with Crippen LogP contribution in [-0.2, 0) is 11.2 Å². The molecule has 1 unspecified atom stereocenters. The first kappa shape index (κ1) is 28.6. The molecule has 3 heterocycles. The van der Waals surface area contributed by atoms with E-state index in [0.717, 1.165) is 25.2 Å². The smallest absolute Gasteiger partial charge is 0.284 e. The first-order valence-electron chi connectivity index (χ1n) is 13.1. The zero-order chi connectivity index (χ0) is 28.6. The molecule has 9 nitrogen and oxygen atoms in total. The van der Waals surface area contributed by atoms with Crippen molar-refractivity contribution in [3.05, 3.63) is 78.9 Å². The van der Waals surface area contributed by atoms with E-state index in [0.29, 0.717) is 68.4 Å². The molecule has 210 valence electrons. The van der Waals surface area contributed by atoms with E-state index in [2.05, 4.69) is 32.5 Å². The van der Waals surface area contributed by atoms with Crippen LogP contribution in [0.25, 0.3) is 17.1 Å². The topological polar surface area (TPSA) is 108 Å².